The van der Waals surface area contributed by atoms with E-state index in [1.165, 1.54) is 5.56 Å². The Labute approximate surface area is 120 Å². The average molecular weight is 318 g/mol. The van der Waals surface area contributed by atoms with Crippen LogP contribution in [0.2, 0.25) is 0 Å². The summed E-state index contributed by atoms with van der Waals surface area (Å²) < 4.78 is 0.935. The van der Waals surface area contributed by atoms with E-state index >= 15 is 0 Å². The molecule has 0 aliphatic heterocycles. The van der Waals surface area contributed by atoms with Crippen LogP contribution in [0.15, 0.2) is 56.7 Å². The molecule has 90 valence electrons. The molecule has 2 aromatic rings. The molecule has 0 aromatic heterocycles. The minimum atomic E-state index is 0.703. The molecule has 2 aromatic carbocycles. The van der Waals surface area contributed by atoms with Crippen molar-refractivity contribution in [3.05, 3.63) is 58.1 Å². The Bertz CT molecular complexity index is 584. The monoisotopic (exact) mass is 317 g/mol. The molecule has 2 rings (SSSR count). The second kappa shape index (κ2) is 6.08. The van der Waals surface area contributed by atoms with Gasteiger partial charge in [-0.1, -0.05) is 46.7 Å². The summed E-state index contributed by atoms with van der Waals surface area (Å²) in [5, 5.41) is 9.12. The van der Waals surface area contributed by atoms with Gasteiger partial charge in [0, 0.05) is 14.3 Å². The van der Waals surface area contributed by atoms with Crippen LogP contribution in [0, 0.1) is 11.3 Å². The lowest BCUT2D eigenvalue weighted by atomic mass is 10.2. The third kappa shape index (κ3) is 3.16. The van der Waals surface area contributed by atoms with Gasteiger partial charge in [0.15, 0.2) is 0 Å². The van der Waals surface area contributed by atoms with Crippen molar-refractivity contribution in [2.75, 3.05) is 0 Å². The van der Waals surface area contributed by atoms with E-state index in [1.807, 2.05) is 18.2 Å². The standard InChI is InChI=1S/C15H12BrNS/c1-2-11-3-6-14(7-4-11)18-15-8-5-13(16)9-12(15)10-17/h3-9H,2H2,1H3. The van der Waals surface area contributed by atoms with E-state index in [9.17, 15) is 0 Å². The van der Waals surface area contributed by atoms with Gasteiger partial charge >= 0.3 is 0 Å². The lowest BCUT2D eigenvalue weighted by Gasteiger charge is -2.05. The first-order valence-electron chi connectivity index (χ1n) is 5.69. The van der Waals surface area contributed by atoms with E-state index in [4.69, 9.17) is 5.26 Å². The summed E-state index contributed by atoms with van der Waals surface area (Å²) >= 11 is 5.00. The maximum Gasteiger partial charge on any atom is 0.100 e. The summed E-state index contributed by atoms with van der Waals surface area (Å²) in [6.07, 6.45) is 1.05. The van der Waals surface area contributed by atoms with Crippen LogP contribution in [0.1, 0.15) is 18.1 Å². The zero-order valence-electron chi connectivity index (χ0n) is 9.98. The van der Waals surface area contributed by atoms with Gasteiger partial charge < -0.3 is 0 Å². The second-order valence-electron chi connectivity index (χ2n) is 3.85. The van der Waals surface area contributed by atoms with E-state index in [0.29, 0.717) is 5.56 Å². The van der Waals surface area contributed by atoms with Gasteiger partial charge in [0.2, 0.25) is 0 Å². The molecule has 18 heavy (non-hydrogen) atoms. The first-order valence-corrected chi connectivity index (χ1v) is 7.30. The zero-order chi connectivity index (χ0) is 13.0. The Balaban J connectivity index is 2.25. The van der Waals surface area contributed by atoms with Crippen molar-refractivity contribution in [1.29, 1.82) is 5.26 Å². The molecule has 0 N–H and O–H groups in total. The second-order valence-corrected chi connectivity index (χ2v) is 5.88. The van der Waals surface area contributed by atoms with E-state index in [0.717, 1.165) is 20.7 Å². The van der Waals surface area contributed by atoms with Crippen LogP contribution < -0.4 is 0 Å². The van der Waals surface area contributed by atoms with Gasteiger partial charge in [-0.05, 0) is 42.3 Å². The third-order valence-electron chi connectivity index (χ3n) is 2.62. The van der Waals surface area contributed by atoms with E-state index < -0.39 is 0 Å². The molecular formula is C15H12BrNS. The van der Waals surface area contributed by atoms with E-state index in [2.05, 4.69) is 53.2 Å². The fraction of sp³-hybridized carbons (Fsp3) is 0.133. The van der Waals surface area contributed by atoms with Crippen LogP contribution in [-0.4, -0.2) is 0 Å². The Morgan fingerprint density at radius 2 is 1.89 bits per heavy atom. The SMILES string of the molecule is CCc1ccc(Sc2ccc(Br)cc2C#N)cc1. The number of nitrogens with zero attached hydrogens (tertiary/aromatic N) is 1. The molecule has 0 saturated heterocycles. The smallest absolute Gasteiger partial charge is 0.100 e. The molecule has 0 spiro atoms. The van der Waals surface area contributed by atoms with Gasteiger partial charge in [-0.25, -0.2) is 0 Å². The van der Waals surface area contributed by atoms with Crippen molar-refractivity contribution in [2.24, 2.45) is 0 Å². The first kappa shape index (κ1) is 13.2. The Hall–Kier alpha value is -1.24. The van der Waals surface area contributed by atoms with Gasteiger partial charge in [0.25, 0.3) is 0 Å². The van der Waals surface area contributed by atoms with Crippen LogP contribution in [-0.2, 0) is 6.42 Å². The number of aryl methyl sites for hydroxylation is 1. The quantitative estimate of drug-likeness (QED) is 0.792. The molecule has 0 amide bonds. The Kier molecular flexibility index (Phi) is 4.46. The van der Waals surface area contributed by atoms with Crippen LogP contribution in [0.3, 0.4) is 0 Å². The van der Waals surface area contributed by atoms with Gasteiger partial charge in [0.05, 0.1) is 5.56 Å². The maximum absolute atomic E-state index is 9.12. The summed E-state index contributed by atoms with van der Waals surface area (Å²) in [6, 6.07) is 16.5. The highest BCUT2D eigenvalue weighted by Gasteiger charge is 2.04. The van der Waals surface area contributed by atoms with Crippen LogP contribution >= 0.6 is 27.7 Å². The number of benzene rings is 2. The summed E-state index contributed by atoms with van der Waals surface area (Å²) in [5.41, 5.74) is 2.03. The molecule has 0 fully saturated rings. The predicted molar refractivity (Wildman–Crippen MR) is 78.8 cm³/mol. The minimum Gasteiger partial charge on any atom is -0.192 e. The van der Waals surface area contributed by atoms with Gasteiger partial charge in [-0.2, -0.15) is 5.26 Å². The molecule has 0 aliphatic carbocycles. The topological polar surface area (TPSA) is 23.8 Å². The largest absolute Gasteiger partial charge is 0.192 e. The summed E-state index contributed by atoms with van der Waals surface area (Å²) in [6.45, 7) is 2.14. The first-order chi connectivity index (χ1) is 8.72. The Morgan fingerprint density at radius 3 is 2.50 bits per heavy atom. The predicted octanol–water partition coefficient (Wildman–Crippen LogP) is 5.03. The lowest BCUT2D eigenvalue weighted by Crippen LogP contribution is -1.83. The number of nitriles is 1. The lowest BCUT2D eigenvalue weighted by molar-refractivity contribution is 1.13. The van der Waals surface area contributed by atoms with E-state index in [-0.39, 0.29) is 0 Å². The Morgan fingerprint density at radius 1 is 1.17 bits per heavy atom. The molecule has 0 aliphatic rings. The zero-order valence-corrected chi connectivity index (χ0v) is 12.4. The molecule has 3 heteroatoms. The molecule has 0 radical (unpaired) electrons. The number of rotatable bonds is 3. The van der Waals surface area contributed by atoms with E-state index in [1.54, 1.807) is 11.8 Å². The summed E-state index contributed by atoms with van der Waals surface area (Å²) in [4.78, 5) is 2.15. The molecule has 0 heterocycles. The fourth-order valence-corrected chi connectivity index (χ4v) is 2.84. The van der Waals surface area contributed by atoms with Crippen molar-refractivity contribution < 1.29 is 0 Å². The number of hydrogen-bond donors (Lipinski definition) is 0. The highest BCUT2D eigenvalue weighted by molar-refractivity contribution is 9.10. The van der Waals surface area contributed by atoms with Crippen molar-refractivity contribution in [3.63, 3.8) is 0 Å². The molecule has 1 nitrogen and oxygen atoms in total. The van der Waals surface area contributed by atoms with Crippen molar-refractivity contribution in [3.8, 4) is 6.07 Å². The van der Waals surface area contributed by atoms with Crippen LogP contribution in [0.25, 0.3) is 0 Å². The average Bonchev–Trinajstić information content (AvgIpc) is 2.41. The highest BCUT2D eigenvalue weighted by Crippen LogP contribution is 2.31. The number of hydrogen-bond acceptors (Lipinski definition) is 2. The normalized spacial score (nSPS) is 10.1. The molecule has 0 atom stereocenters. The molecule has 0 unspecified atom stereocenters. The van der Waals surface area contributed by atoms with Crippen molar-refractivity contribution in [2.45, 2.75) is 23.1 Å². The highest BCUT2D eigenvalue weighted by atomic mass is 79.9. The van der Waals surface area contributed by atoms with Gasteiger partial charge in [-0.3, -0.25) is 0 Å². The van der Waals surface area contributed by atoms with Gasteiger partial charge in [-0.15, -0.1) is 0 Å². The number of halogens is 1. The van der Waals surface area contributed by atoms with Crippen molar-refractivity contribution >= 4 is 27.7 Å². The summed E-state index contributed by atoms with van der Waals surface area (Å²) in [7, 11) is 0. The third-order valence-corrected chi connectivity index (χ3v) is 4.20. The fourth-order valence-electron chi connectivity index (χ4n) is 1.60. The van der Waals surface area contributed by atoms with Crippen LogP contribution in [0.4, 0.5) is 0 Å². The minimum absolute atomic E-state index is 0.703. The van der Waals surface area contributed by atoms with Gasteiger partial charge in [0.1, 0.15) is 6.07 Å². The molecular weight excluding hydrogens is 306 g/mol. The molecule has 0 bridgehead atoms. The molecule has 0 saturated carbocycles. The van der Waals surface area contributed by atoms with Crippen LogP contribution in [0.5, 0.6) is 0 Å². The maximum atomic E-state index is 9.12. The van der Waals surface area contributed by atoms with Crippen molar-refractivity contribution in [1.82, 2.24) is 0 Å². The summed E-state index contributed by atoms with van der Waals surface area (Å²) in [5.74, 6) is 0.